The molecule has 1 aliphatic rings. The highest BCUT2D eigenvalue weighted by molar-refractivity contribution is 7.99. The van der Waals surface area contributed by atoms with Crippen molar-refractivity contribution in [1.82, 2.24) is 20.1 Å². The molecule has 20 heavy (non-hydrogen) atoms. The Bertz CT molecular complexity index is 437. The van der Waals surface area contributed by atoms with Gasteiger partial charge in [0.05, 0.1) is 6.61 Å². The third-order valence-electron chi connectivity index (χ3n) is 4.52. The number of aryl methyl sites for hydroxylation is 1. The lowest BCUT2D eigenvalue weighted by atomic mass is 9.86. The summed E-state index contributed by atoms with van der Waals surface area (Å²) in [7, 11) is 2.00. The maximum atomic E-state index is 9.79. The molecule has 0 radical (unpaired) electrons. The van der Waals surface area contributed by atoms with E-state index in [1.807, 2.05) is 18.5 Å². The standard InChI is InChI=1S/C14H26N4OS/c1-4-15-14(10-19)8-5-6-12(14)7-9-20-13-17-16-11(2)18(13)3/h12,15,19H,4-10H2,1-3H3. The van der Waals surface area contributed by atoms with E-state index in [0.29, 0.717) is 5.92 Å². The summed E-state index contributed by atoms with van der Waals surface area (Å²) in [5, 5.41) is 22.6. The van der Waals surface area contributed by atoms with Gasteiger partial charge in [-0.05, 0) is 38.6 Å². The lowest BCUT2D eigenvalue weighted by molar-refractivity contribution is 0.124. The molecule has 1 aromatic rings. The van der Waals surface area contributed by atoms with Crippen LogP contribution < -0.4 is 5.32 Å². The highest BCUT2D eigenvalue weighted by Gasteiger charge is 2.41. The van der Waals surface area contributed by atoms with Crippen LogP contribution in [-0.4, -0.2) is 44.3 Å². The highest BCUT2D eigenvalue weighted by atomic mass is 32.2. The SMILES string of the molecule is CCNC1(CO)CCCC1CCSc1nnc(C)n1C. The summed E-state index contributed by atoms with van der Waals surface area (Å²) in [6, 6.07) is 0. The molecule has 1 saturated carbocycles. The molecule has 2 N–H and O–H groups in total. The van der Waals surface area contributed by atoms with Crippen LogP contribution >= 0.6 is 11.8 Å². The Morgan fingerprint density at radius 3 is 2.90 bits per heavy atom. The van der Waals surface area contributed by atoms with E-state index in [0.717, 1.165) is 36.1 Å². The Labute approximate surface area is 125 Å². The van der Waals surface area contributed by atoms with Crippen molar-refractivity contribution in [3.8, 4) is 0 Å². The molecule has 0 aromatic carbocycles. The Hall–Kier alpha value is -0.590. The van der Waals surface area contributed by atoms with Gasteiger partial charge in [0.25, 0.3) is 0 Å². The summed E-state index contributed by atoms with van der Waals surface area (Å²) in [5.41, 5.74) is -0.0505. The fourth-order valence-corrected chi connectivity index (χ4v) is 4.23. The second-order valence-electron chi connectivity index (χ2n) is 5.66. The molecule has 1 fully saturated rings. The number of thioether (sulfide) groups is 1. The molecule has 0 amide bonds. The molecule has 1 aromatic heterocycles. The highest BCUT2D eigenvalue weighted by Crippen LogP contribution is 2.38. The minimum atomic E-state index is -0.0505. The van der Waals surface area contributed by atoms with Crippen molar-refractivity contribution in [3.05, 3.63) is 5.82 Å². The maximum absolute atomic E-state index is 9.79. The van der Waals surface area contributed by atoms with Crippen molar-refractivity contribution >= 4 is 11.8 Å². The van der Waals surface area contributed by atoms with Crippen molar-refractivity contribution in [3.63, 3.8) is 0 Å². The van der Waals surface area contributed by atoms with Crippen LogP contribution in [0.2, 0.25) is 0 Å². The van der Waals surface area contributed by atoms with Crippen LogP contribution in [0.3, 0.4) is 0 Å². The van der Waals surface area contributed by atoms with Crippen molar-refractivity contribution in [2.75, 3.05) is 18.9 Å². The van der Waals surface area contributed by atoms with Crippen LogP contribution in [0.5, 0.6) is 0 Å². The average molecular weight is 298 g/mol. The summed E-state index contributed by atoms with van der Waals surface area (Å²) in [4.78, 5) is 0. The summed E-state index contributed by atoms with van der Waals surface area (Å²) in [5.74, 6) is 2.55. The molecule has 0 saturated heterocycles. The fourth-order valence-electron chi connectivity index (χ4n) is 3.22. The van der Waals surface area contributed by atoms with Crippen molar-refractivity contribution in [1.29, 1.82) is 0 Å². The molecule has 2 unspecified atom stereocenters. The minimum Gasteiger partial charge on any atom is -0.394 e. The molecule has 114 valence electrons. The first-order valence-corrected chi connectivity index (χ1v) is 8.46. The molecule has 2 atom stereocenters. The quantitative estimate of drug-likeness (QED) is 0.751. The average Bonchev–Trinajstić information content (AvgIpc) is 2.98. The first-order chi connectivity index (χ1) is 9.63. The van der Waals surface area contributed by atoms with Crippen LogP contribution in [0, 0.1) is 12.8 Å². The second-order valence-corrected chi connectivity index (χ2v) is 6.72. The Kier molecular flexibility index (Phi) is 5.46. The van der Waals surface area contributed by atoms with E-state index in [9.17, 15) is 5.11 Å². The lowest BCUT2D eigenvalue weighted by Crippen LogP contribution is -2.51. The Morgan fingerprint density at radius 1 is 1.50 bits per heavy atom. The van der Waals surface area contributed by atoms with Crippen LogP contribution in [0.1, 0.15) is 38.4 Å². The fraction of sp³-hybridized carbons (Fsp3) is 0.857. The van der Waals surface area contributed by atoms with E-state index in [1.54, 1.807) is 11.8 Å². The van der Waals surface area contributed by atoms with E-state index in [-0.39, 0.29) is 12.1 Å². The zero-order valence-corrected chi connectivity index (χ0v) is 13.5. The van der Waals surface area contributed by atoms with E-state index < -0.39 is 0 Å². The molecule has 0 aliphatic heterocycles. The number of aliphatic hydroxyl groups is 1. The van der Waals surface area contributed by atoms with E-state index in [1.165, 1.54) is 12.8 Å². The van der Waals surface area contributed by atoms with Gasteiger partial charge < -0.3 is 15.0 Å². The zero-order valence-electron chi connectivity index (χ0n) is 12.7. The maximum Gasteiger partial charge on any atom is 0.190 e. The van der Waals surface area contributed by atoms with E-state index in [4.69, 9.17) is 0 Å². The van der Waals surface area contributed by atoms with Gasteiger partial charge in [0.15, 0.2) is 5.16 Å². The smallest absolute Gasteiger partial charge is 0.190 e. The Morgan fingerprint density at radius 2 is 2.30 bits per heavy atom. The number of hydrogen-bond acceptors (Lipinski definition) is 5. The van der Waals surface area contributed by atoms with Gasteiger partial charge in [-0.1, -0.05) is 25.1 Å². The predicted molar refractivity (Wildman–Crippen MR) is 81.9 cm³/mol. The number of aliphatic hydroxyl groups excluding tert-OH is 1. The Balaban J connectivity index is 1.88. The first kappa shape index (κ1) is 15.8. The van der Waals surface area contributed by atoms with Gasteiger partial charge >= 0.3 is 0 Å². The van der Waals surface area contributed by atoms with Crippen molar-refractivity contribution in [2.24, 2.45) is 13.0 Å². The largest absolute Gasteiger partial charge is 0.394 e. The molecular formula is C14H26N4OS. The molecule has 5 nitrogen and oxygen atoms in total. The summed E-state index contributed by atoms with van der Waals surface area (Å²) < 4.78 is 2.03. The molecule has 6 heteroatoms. The monoisotopic (exact) mass is 298 g/mol. The number of hydrogen-bond donors (Lipinski definition) is 2. The van der Waals surface area contributed by atoms with E-state index >= 15 is 0 Å². The molecule has 0 spiro atoms. The van der Waals surface area contributed by atoms with Gasteiger partial charge in [-0.25, -0.2) is 0 Å². The number of nitrogens with one attached hydrogen (secondary N) is 1. The summed E-state index contributed by atoms with van der Waals surface area (Å²) in [6.07, 6.45) is 4.64. The molecule has 0 bridgehead atoms. The number of rotatable bonds is 7. The molecule has 2 rings (SSSR count). The van der Waals surface area contributed by atoms with Gasteiger partial charge in [0, 0.05) is 18.3 Å². The third-order valence-corrected chi connectivity index (χ3v) is 5.57. The lowest BCUT2D eigenvalue weighted by Gasteiger charge is -2.34. The van der Waals surface area contributed by atoms with Gasteiger partial charge in [-0.2, -0.15) is 0 Å². The summed E-state index contributed by atoms with van der Waals surface area (Å²) in [6.45, 7) is 5.26. The van der Waals surface area contributed by atoms with Crippen LogP contribution in [0.4, 0.5) is 0 Å². The van der Waals surface area contributed by atoms with Crippen LogP contribution in [-0.2, 0) is 7.05 Å². The normalized spacial score (nSPS) is 26.3. The van der Waals surface area contributed by atoms with Crippen molar-refractivity contribution < 1.29 is 5.11 Å². The summed E-state index contributed by atoms with van der Waals surface area (Å²) >= 11 is 1.76. The molecule has 1 heterocycles. The van der Waals surface area contributed by atoms with Gasteiger partial charge in [-0.15, -0.1) is 10.2 Å². The van der Waals surface area contributed by atoms with Crippen LogP contribution in [0.25, 0.3) is 0 Å². The van der Waals surface area contributed by atoms with Gasteiger partial charge in [0.2, 0.25) is 0 Å². The first-order valence-electron chi connectivity index (χ1n) is 7.47. The number of nitrogens with zero attached hydrogens (tertiary/aromatic N) is 3. The zero-order chi connectivity index (χ0) is 14.6. The number of likely N-dealkylation sites (N-methyl/N-ethyl adjacent to an activating group) is 1. The third kappa shape index (κ3) is 3.18. The topological polar surface area (TPSA) is 63.0 Å². The minimum absolute atomic E-state index is 0.0505. The molecular weight excluding hydrogens is 272 g/mol. The van der Waals surface area contributed by atoms with Crippen molar-refractivity contribution in [2.45, 2.75) is 50.2 Å². The van der Waals surface area contributed by atoms with Crippen LogP contribution in [0.15, 0.2) is 5.16 Å². The predicted octanol–water partition coefficient (Wildman–Crippen LogP) is 1.75. The van der Waals surface area contributed by atoms with E-state index in [2.05, 4.69) is 22.4 Å². The van der Waals surface area contributed by atoms with Gasteiger partial charge in [0.1, 0.15) is 5.82 Å². The molecule has 1 aliphatic carbocycles. The van der Waals surface area contributed by atoms with Gasteiger partial charge in [-0.3, -0.25) is 0 Å². The number of aromatic nitrogens is 3. The second kappa shape index (κ2) is 6.91.